The van der Waals surface area contributed by atoms with Crippen LogP contribution >= 0.6 is 11.6 Å². The number of hydrogen-bond donors (Lipinski definition) is 0. The normalized spacial score (nSPS) is 15.2. The predicted molar refractivity (Wildman–Crippen MR) is 80.7 cm³/mol. The van der Waals surface area contributed by atoms with Gasteiger partial charge in [0.2, 0.25) is 6.79 Å². The minimum atomic E-state index is -0.283. The van der Waals surface area contributed by atoms with Crippen molar-refractivity contribution in [1.29, 1.82) is 0 Å². The van der Waals surface area contributed by atoms with Crippen LogP contribution in [-0.2, 0) is 0 Å². The highest BCUT2D eigenvalue weighted by Gasteiger charge is 2.32. The second-order valence-corrected chi connectivity index (χ2v) is 5.40. The van der Waals surface area contributed by atoms with E-state index < -0.39 is 0 Å². The van der Waals surface area contributed by atoms with E-state index in [1.807, 2.05) is 0 Å². The number of ketones is 2. The predicted octanol–water partition coefficient (Wildman–Crippen LogP) is 3.53. The zero-order valence-electron chi connectivity index (χ0n) is 11.3. The fourth-order valence-electron chi connectivity index (χ4n) is 2.60. The molecule has 0 radical (unpaired) electrons. The molecule has 4 rings (SSSR count). The van der Waals surface area contributed by atoms with Crippen molar-refractivity contribution in [2.45, 2.75) is 0 Å². The molecular weight excluding hydrogens is 304 g/mol. The first-order chi connectivity index (χ1) is 10.6. The summed E-state index contributed by atoms with van der Waals surface area (Å²) in [6.07, 6.45) is 1.51. The number of carbonyl (C=O) groups excluding carboxylic acids is 2. The van der Waals surface area contributed by atoms with E-state index in [1.54, 1.807) is 36.4 Å². The van der Waals surface area contributed by atoms with Crippen LogP contribution in [0.15, 0.2) is 42.0 Å². The van der Waals surface area contributed by atoms with Gasteiger partial charge in [-0.25, -0.2) is 0 Å². The number of Topliss-reactive ketones (excluding diaryl/α,β-unsaturated/α-hetero) is 2. The number of hydrogen-bond acceptors (Lipinski definition) is 4. The van der Waals surface area contributed by atoms with Crippen molar-refractivity contribution < 1.29 is 19.1 Å². The summed E-state index contributed by atoms with van der Waals surface area (Å²) in [6.45, 7) is 0.134. The van der Waals surface area contributed by atoms with Crippen LogP contribution in [0.5, 0.6) is 11.5 Å². The van der Waals surface area contributed by atoms with Gasteiger partial charge in [-0.3, -0.25) is 9.59 Å². The van der Waals surface area contributed by atoms with Crippen molar-refractivity contribution >= 4 is 29.2 Å². The summed E-state index contributed by atoms with van der Waals surface area (Å²) in [4.78, 5) is 24.7. The number of rotatable bonds is 1. The molecule has 108 valence electrons. The van der Waals surface area contributed by atoms with E-state index in [9.17, 15) is 9.59 Å². The van der Waals surface area contributed by atoms with Crippen molar-refractivity contribution in [3.63, 3.8) is 0 Å². The number of ether oxygens (including phenoxy) is 2. The molecule has 2 aromatic rings. The van der Waals surface area contributed by atoms with Crippen LogP contribution in [0, 0.1) is 0 Å². The smallest absolute Gasteiger partial charge is 0.231 e. The number of halogens is 1. The maximum atomic E-state index is 12.4. The van der Waals surface area contributed by atoms with Crippen molar-refractivity contribution in [3.05, 3.63) is 63.7 Å². The van der Waals surface area contributed by atoms with Gasteiger partial charge >= 0.3 is 0 Å². The monoisotopic (exact) mass is 312 g/mol. The first-order valence-corrected chi connectivity index (χ1v) is 7.02. The quantitative estimate of drug-likeness (QED) is 0.597. The Morgan fingerprint density at radius 2 is 1.55 bits per heavy atom. The van der Waals surface area contributed by atoms with Crippen LogP contribution in [0.1, 0.15) is 26.3 Å². The fraction of sp³-hybridized carbons (Fsp3) is 0.0588. The molecule has 0 saturated carbocycles. The van der Waals surface area contributed by atoms with E-state index >= 15 is 0 Å². The van der Waals surface area contributed by atoms with Gasteiger partial charge in [0.25, 0.3) is 0 Å². The molecule has 0 bridgehead atoms. The molecule has 2 aliphatic rings. The van der Waals surface area contributed by atoms with Crippen molar-refractivity contribution in [1.82, 2.24) is 0 Å². The highest BCUT2D eigenvalue weighted by atomic mass is 35.5. The molecule has 0 spiro atoms. The Balaban J connectivity index is 1.82. The molecule has 0 atom stereocenters. The third-order valence-electron chi connectivity index (χ3n) is 3.70. The molecule has 0 N–H and O–H groups in total. The summed E-state index contributed by atoms with van der Waals surface area (Å²) in [6, 6.07) is 10.1. The Labute approximate surface area is 130 Å². The Morgan fingerprint density at radius 1 is 0.955 bits per heavy atom. The summed E-state index contributed by atoms with van der Waals surface area (Å²) in [7, 11) is 0. The SMILES string of the molecule is O=C1C(=Cc2cc3c(cc2Cl)OCO3)C(=O)c2ccccc21. The molecule has 22 heavy (non-hydrogen) atoms. The van der Waals surface area contributed by atoms with Gasteiger partial charge in [-0.2, -0.15) is 0 Å². The van der Waals surface area contributed by atoms with Gasteiger partial charge in [0.05, 0.1) is 10.6 Å². The second kappa shape index (κ2) is 4.71. The summed E-state index contributed by atoms with van der Waals surface area (Å²) >= 11 is 6.19. The standard InChI is InChI=1S/C17H9ClO4/c18-13-7-15-14(21-8-22-15)6-9(13)5-12-16(19)10-3-1-2-4-11(10)17(12)20/h1-7H,8H2. The van der Waals surface area contributed by atoms with Crippen LogP contribution in [0.4, 0.5) is 0 Å². The first kappa shape index (κ1) is 13.1. The average Bonchev–Trinajstić information content (AvgIpc) is 3.06. The van der Waals surface area contributed by atoms with E-state index in [1.165, 1.54) is 6.08 Å². The van der Waals surface area contributed by atoms with Gasteiger partial charge in [-0.15, -0.1) is 0 Å². The molecule has 1 aliphatic heterocycles. The second-order valence-electron chi connectivity index (χ2n) is 4.99. The molecule has 0 saturated heterocycles. The van der Waals surface area contributed by atoms with Gasteiger partial charge in [-0.05, 0) is 17.7 Å². The lowest BCUT2D eigenvalue weighted by atomic mass is 10.1. The van der Waals surface area contributed by atoms with Gasteiger partial charge in [0, 0.05) is 17.2 Å². The molecule has 5 heteroatoms. The van der Waals surface area contributed by atoms with Gasteiger partial charge in [-0.1, -0.05) is 35.9 Å². The lowest BCUT2D eigenvalue weighted by molar-refractivity contribution is 0.0990. The summed E-state index contributed by atoms with van der Waals surface area (Å²) in [5.74, 6) is 0.537. The zero-order chi connectivity index (χ0) is 15.3. The van der Waals surface area contributed by atoms with Crippen LogP contribution in [0.25, 0.3) is 6.08 Å². The maximum Gasteiger partial charge on any atom is 0.231 e. The minimum Gasteiger partial charge on any atom is -0.454 e. The number of carbonyl (C=O) groups is 2. The van der Waals surface area contributed by atoms with E-state index in [4.69, 9.17) is 21.1 Å². The maximum absolute atomic E-state index is 12.4. The van der Waals surface area contributed by atoms with E-state index in [0.29, 0.717) is 33.2 Å². The Kier molecular flexibility index (Phi) is 2.81. The first-order valence-electron chi connectivity index (χ1n) is 6.64. The Hall–Kier alpha value is -2.59. The number of allylic oxidation sites excluding steroid dienone is 1. The van der Waals surface area contributed by atoms with Crippen LogP contribution in [0.2, 0.25) is 5.02 Å². The topological polar surface area (TPSA) is 52.6 Å². The molecule has 4 nitrogen and oxygen atoms in total. The van der Waals surface area contributed by atoms with E-state index in [2.05, 4.69) is 0 Å². The lowest BCUT2D eigenvalue weighted by Crippen LogP contribution is -2.00. The molecular formula is C17H9ClO4. The third kappa shape index (κ3) is 1.84. The van der Waals surface area contributed by atoms with Gasteiger partial charge in [0.1, 0.15) is 0 Å². The number of fused-ring (bicyclic) bond motifs is 2. The Bertz CT molecular complexity index is 830. The average molecular weight is 313 g/mol. The molecule has 0 amide bonds. The minimum absolute atomic E-state index is 0.113. The molecule has 0 fully saturated rings. The van der Waals surface area contributed by atoms with Crippen molar-refractivity contribution in [3.8, 4) is 11.5 Å². The van der Waals surface area contributed by atoms with Crippen molar-refractivity contribution in [2.24, 2.45) is 0 Å². The zero-order valence-corrected chi connectivity index (χ0v) is 12.0. The molecule has 1 aliphatic carbocycles. The fourth-order valence-corrected chi connectivity index (χ4v) is 2.81. The number of benzene rings is 2. The van der Waals surface area contributed by atoms with Crippen LogP contribution < -0.4 is 9.47 Å². The molecule has 1 heterocycles. The summed E-state index contributed by atoms with van der Waals surface area (Å²) in [5, 5.41) is 0.397. The summed E-state index contributed by atoms with van der Waals surface area (Å²) < 4.78 is 10.5. The highest BCUT2D eigenvalue weighted by molar-refractivity contribution is 6.41. The van der Waals surface area contributed by atoms with Crippen LogP contribution in [-0.4, -0.2) is 18.4 Å². The third-order valence-corrected chi connectivity index (χ3v) is 4.02. The van der Waals surface area contributed by atoms with E-state index in [0.717, 1.165) is 0 Å². The van der Waals surface area contributed by atoms with Crippen molar-refractivity contribution in [2.75, 3.05) is 6.79 Å². The lowest BCUT2D eigenvalue weighted by Gasteiger charge is -2.02. The Morgan fingerprint density at radius 3 is 2.18 bits per heavy atom. The van der Waals surface area contributed by atoms with Gasteiger partial charge in [0.15, 0.2) is 23.1 Å². The van der Waals surface area contributed by atoms with E-state index in [-0.39, 0.29) is 23.9 Å². The molecule has 0 aromatic heterocycles. The summed E-state index contributed by atoms with van der Waals surface area (Å²) in [5.41, 5.74) is 1.52. The highest BCUT2D eigenvalue weighted by Crippen LogP contribution is 2.38. The van der Waals surface area contributed by atoms with Crippen LogP contribution in [0.3, 0.4) is 0 Å². The largest absolute Gasteiger partial charge is 0.454 e. The molecule has 2 aromatic carbocycles. The molecule has 0 unspecified atom stereocenters. The van der Waals surface area contributed by atoms with Gasteiger partial charge < -0.3 is 9.47 Å².